The minimum atomic E-state index is -0.119. The largest absolute Gasteiger partial charge is 0.349 e. The summed E-state index contributed by atoms with van der Waals surface area (Å²) < 4.78 is 0. The van der Waals surface area contributed by atoms with Crippen molar-refractivity contribution >= 4 is 17.7 Å². The van der Waals surface area contributed by atoms with Crippen molar-refractivity contribution in [1.82, 2.24) is 5.32 Å². The molecule has 1 N–H and O–H groups in total. The quantitative estimate of drug-likeness (QED) is 0.786. The van der Waals surface area contributed by atoms with E-state index < -0.39 is 0 Å². The normalized spacial score (nSPS) is 13.4. The van der Waals surface area contributed by atoms with Gasteiger partial charge in [0.1, 0.15) is 0 Å². The molecule has 0 saturated heterocycles. The highest BCUT2D eigenvalue weighted by atomic mass is 32.2. The molecule has 2 aromatic rings. The first-order chi connectivity index (χ1) is 10.9. The molecule has 2 rings (SSSR count). The van der Waals surface area contributed by atoms with Gasteiger partial charge < -0.3 is 5.32 Å². The number of nitrogens with one attached hydrogen (secondary N) is 1. The van der Waals surface area contributed by atoms with Crippen LogP contribution in [0.3, 0.4) is 0 Å². The number of aryl methyl sites for hydroxylation is 3. The van der Waals surface area contributed by atoms with Crippen molar-refractivity contribution in [3.63, 3.8) is 0 Å². The van der Waals surface area contributed by atoms with Crippen LogP contribution in [-0.4, -0.2) is 11.2 Å². The van der Waals surface area contributed by atoms with Gasteiger partial charge in [0.15, 0.2) is 0 Å². The van der Waals surface area contributed by atoms with Gasteiger partial charge in [0.25, 0.3) is 0 Å². The van der Waals surface area contributed by atoms with Gasteiger partial charge in [0.05, 0.1) is 11.3 Å². The van der Waals surface area contributed by atoms with Gasteiger partial charge in [0.2, 0.25) is 5.91 Å². The lowest BCUT2D eigenvalue weighted by atomic mass is 9.96. The van der Waals surface area contributed by atoms with Gasteiger partial charge in [-0.05, 0) is 69.0 Å². The second-order valence-electron chi connectivity index (χ2n) is 6.10. The van der Waals surface area contributed by atoms with E-state index in [9.17, 15) is 4.79 Å². The van der Waals surface area contributed by atoms with Crippen LogP contribution in [0, 0.1) is 20.8 Å². The molecule has 0 aliphatic heterocycles. The van der Waals surface area contributed by atoms with E-state index in [1.165, 1.54) is 22.3 Å². The van der Waals surface area contributed by atoms with E-state index in [2.05, 4.69) is 45.1 Å². The Bertz CT molecular complexity index is 682. The first kappa shape index (κ1) is 17.6. The summed E-state index contributed by atoms with van der Waals surface area (Å²) in [5.41, 5.74) is 4.97. The molecule has 2 aromatic carbocycles. The second-order valence-corrected chi connectivity index (χ2v) is 7.51. The Morgan fingerprint density at radius 3 is 2.22 bits per heavy atom. The van der Waals surface area contributed by atoms with Crippen molar-refractivity contribution in [1.29, 1.82) is 0 Å². The fourth-order valence-corrected chi connectivity index (χ4v) is 3.51. The summed E-state index contributed by atoms with van der Waals surface area (Å²) in [6, 6.07) is 14.4. The minimum absolute atomic E-state index is 0.0145. The Morgan fingerprint density at radius 1 is 0.957 bits per heavy atom. The zero-order valence-corrected chi connectivity index (χ0v) is 15.3. The fraction of sp³-hybridized carbons (Fsp3) is 0.350. The first-order valence-electron chi connectivity index (χ1n) is 7.98. The number of carbonyl (C=O) groups is 1. The van der Waals surface area contributed by atoms with Gasteiger partial charge in [-0.3, -0.25) is 4.79 Å². The third kappa shape index (κ3) is 4.61. The van der Waals surface area contributed by atoms with Gasteiger partial charge in [-0.1, -0.05) is 30.3 Å². The Morgan fingerprint density at radius 2 is 1.57 bits per heavy atom. The van der Waals surface area contributed by atoms with Gasteiger partial charge in [-0.15, -0.1) is 11.8 Å². The Labute approximate surface area is 143 Å². The van der Waals surface area contributed by atoms with Crippen LogP contribution < -0.4 is 5.32 Å². The van der Waals surface area contributed by atoms with Gasteiger partial charge in [0, 0.05) is 4.90 Å². The number of amides is 1. The summed E-state index contributed by atoms with van der Waals surface area (Å²) in [4.78, 5) is 13.6. The lowest BCUT2D eigenvalue weighted by Gasteiger charge is -2.20. The van der Waals surface area contributed by atoms with E-state index in [0.29, 0.717) is 0 Å². The molecule has 2 unspecified atom stereocenters. The van der Waals surface area contributed by atoms with Crippen LogP contribution in [0.2, 0.25) is 0 Å². The lowest BCUT2D eigenvalue weighted by molar-refractivity contribution is -0.120. The number of hydrogen-bond donors (Lipinski definition) is 1. The molecule has 0 aliphatic carbocycles. The maximum Gasteiger partial charge on any atom is 0.233 e. The minimum Gasteiger partial charge on any atom is -0.349 e. The van der Waals surface area contributed by atoms with E-state index in [1.54, 1.807) is 11.8 Å². The zero-order valence-electron chi connectivity index (χ0n) is 14.5. The molecular weight excluding hydrogens is 302 g/mol. The van der Waals surface area contributed by atoms with E-state index in [1.807, 2.05) is 37.3 Å². The number of carbonyl (C=O) groups excluding carboxylic acids is 1. The molecular formula is C20H25NOS. The Kier molecular flexibility index (Phi) is 5.89. The molecule has 0 fully saturated rings. The monoisotopic (exact) mass is 327 g/mol. The summed E-state index contributed by atoms with van der Waals surface area (Å²) in [5, 5.41) is 3.03. The van der Waals surface area contributed by atoms with E-state index in [-0.39, 0.29) is 17.2 Å². The predicted octanol–water partition coefficient (Wildman–Crippen LogP) is 4.97. The van der Waals surface area contributed by atoms with Crippen LogP contribution in [0.15, 0.2) is 47.4 Å². The highest BCUT2D eigenvalue weighted by molar-refractivity contribution is 8.00. The van der Waals surface area contributed by atoms with Crippen LogP contribution in [-0.2, 0) is 4.79 Å². The fourth-order valence-electron chi connectivity index (χ4n) is 2.61. The second kappa shape index (κ2) is 7.69. The Balaban J connectivity index is 2.03. The topological polar surface area (TPSA) is 29.1 Å². The third-order valence-corrected chi connectivity index (χ3v) is 5.24. The Hall–Kier alpha value is -1.74. The average molecular weight is 327 g/mol. The predicted molar refractivity (Wildman–Crippen MR) is 99.0 cm³/mol. The molecule has 0 bridgehead atoms. The van der Waals surface area contributed by atoms with E-state index in [4.69, 9.17) is 0 Å². The van der Waals surface area contributed by atoms with Crippen molar-refractivity contribution in [2.75, 3.05) is 0 Å². The van der Waals surface area contributed by atoms with Crippen molar-refractivity contribution in [3.8, 4) is 0 Å². The molecule has 0 aromatic heterocycles. The molecule has 3 heteroatoms. The maximum atomic E-state index is 12.5. The molecule has 0 heterocycles. The summed E-state index contributed by atoms with van der Waals surface area (Å²) in [7, 11) is 0. The van der Waals surface area contributed by atoms with Crippen LogP contribution in [0.1, 0.15) is 42.1 Å². The molecule has 2 nitrogen and oxygen atoms in total. The zero-order chi connectivity index (χ0) is 17.0. The molecule has 2 atom stereocenters. The summed E-state index contributed by atoms with van der Waals surface area (Å²) in [5.74, 6) is 0.0731. The van der Waals surface area contributed by atoms with Crippen molar-refractivity contribution in [2.24, 2.45) is 0 Å². The maximum absolute atomic E-state index is 12.5. The third-order valence-electron chi connectivity index (χ3n) is 4.13. The smallest absolute Gasteiger partial charge is 0.233 e. The summed E-state index contributed by atoms with van der Waals surface area (Å²) in [6.45, 7) is 10.3. The van der Waals surface area contributed by atoms with Crippen LogP contribution in [0.4, 0.5) is 0 Å². The molecule has 0 radical (unpaired) electrons. The van der Waals surface area contributed by atoms with Gasteiger partial charge in [-0.2, -0.15) is 0 Å². The van der Waals surface area contributed by atoms with Gasteiger partial charge in [-0.25, -0.2) is 0 Å². The van der Waals surface area contributed by atoms with Crippen LogP contribution in [0.5, 0.6) is 0 Å². The molecule has 23 heavy (non-hydrogen) atoms. The van der Waals surface area contributed by atoms with E-state index in [0.717, 1.165) is 4.90 Å². The number of hydrogen-bond acceptors (Lipinski definition) is 2. The SMILES string of the molecule is Cc1cc(C)c(C(C)NC(=O)C(C)Sc2ccccc2)cc1C. The molecule has 0 spiro atoms. The lowest BCUT2D eigenvalue weighted by Crippen LogP contribution is -2.33. The van der Waals surface area contributed by atoms with Crippen LogP contribution >= 0.6 is 11.8 Å². The van der Waals surface area contributed by atoms with E-state index >= 15 is 0 Å². The summed E-state index contributed by atoms with van der Waals surface area (Å²) in [6.07, 6.45) is 0. The number of thioether (sulfide) groups is 1. The van der Waals surface area contributed by atoms with Crippen molar-refractivity contribution < 1.29 is 4.79 Å². The highest BCUT2D eigenvalue weighted by Crippen LogP contribution is 2.25. The standard InChI is InChI=1S/C20H25NOS/c1-13-11-15(3)19(12-14(13)2)16(4)21-20(22)17(5)23-18-9-7-6-8-10-18/h6-12,16-17H,1-5H3,(H,21,22). The first-order valence-corrected chi connectivity index (χ1v) is 8.86. The van der Waals surface area contributed by atoms with Crippen molar-refractivity contribution in [3.05, 3.63) is 64.7 Å². The average Bonchev–Trinajstić information content (AvgIpc) is 2.51. The van der Waals surface area contributed by atoms with Crippen molar-refractivity contribution in [2.45, 2.75) is 50.8 Å². The highest BCUT2D eigenvalue weighted by Gasteiger charge is 2.18. The molecule has 1 amide bonds. The number of rotatable bonds is 5. The summed E-state index contributed by atoms with van der Waals surface area (Å²) >= 11 is 1.59. The molecule has 0 aliphatic rings. The molecule has 122 valence electrons. The van der Waals surface area contributed by atoms with Crippen LogP contribution in [0.25, 0.3) is 0 Å². The van der Waals surface area contributed by atoms with Gasteiger partial charge >= 0.3 is 0 Å². The number of benzene rings is 2. The molecule has 0 saturated carbocycles.